The molecule has 0 saturated heterocycles. The Morgan fingerprint density at radius 2 is 1.81 bits per heavy atom. The van der Waals surface area contributed by atoms with Gasteiger partial charge in [-0.25, -0.2) is 4.79 Å². The van der Waals surface area contributed by atoms with E-state index in [0.717, 1.165) is 19.3 Å². The third-order valence-corrected chi connectivity index (χ3v) is 3.20. The number of aryl methyl sites for hydroxylation is 2. The highest BCUT2D eigenvalue weighted by molar-refractivity contribution is 5.92. The summed E-state index contributed by atoms with van der Waals surface area (Å²) in [5.41, 5.74) is 3.24. The molecule has 7 heteroatoms. The molecule has 0 bridgehead atoms. The van der Waals surface area contributed by atoms with Gasteiger partial charge in [0, 0.05) is 5.69 Å². The van der Waals surface area contributed by atoms with Gasteiger partial charge < -0.3 is 21.1 Å². The standard InChI is InChI=1S/C14H17N3O4/c18-12(15-8-13(19)20)7-16-14(21)17-11-5-4-9-2-1-3-10(9)6-11/h4-6H,1-3,7-8H2,(H,15,18)(H,19,20)(H2,16,17,21). The van der Waals surface area contributed by atoms with E-state index in [4.69, 9.17) is 5.11 Å². The molecule has 1 aliphatic carbocycles. The zero-order valence-corrected chi connectivity index (χ0v) is 11.4. The van der Waals surface area contributed by atoms with Gasteiger partial charge in [-0.3, -0.25) is 9.59 Å². The van der Waals surface area contributed by atoms with E-state index in [-0.39, 0.29) is 6.54 Å². The van der Waals surface area contributed by atoms with Crippen molar-refractivity contribution in [2.45, 2.75) is 19.3 Å². The van der Waals surface area contributed by atoms with Crippen molar-refractivity contribution in [2.24, 2.45) is 0 Å². The molecule has 0 spiro atoms. The van der Waals surface area contributed by atoms with Crippen LogP contribution in [0.3, 0.4) is 0 Å². The van der Waals surface area contributed by atoms with E-state index in [1.807, 2.05) is 18.2 Å². The Morgan fingerprint density at radius 1 is 1.05 bits per heavy atom. The largest absolute Gasteiger partial charge is 0.480 e. The zero-order valence-electron chi connectivity index (χ0n) is 11.4. The molecule has 3 amide bonds. The number of fused-ring (bicyclic) bond motifs is 1. The maximum atomic E-state index is 11.6. The lowest BCUT2D eigenvalue weighted by Crippen LogP contribution is -2.40. The number of benzene rings is 1. The summed E-state index contributed by atoms with van der Waals surface area (Å²) in [4.78, 5) is 33.1. The third-order valence-electron chi connectivity index (χ3n) is 3.20. The predicted molar refractivity (Wildman–Crippen MR) is 76.1 cm³/mol. The Hall–Kier alpha value is -2.57. The van der Waals surface area contributed by atoms with Gasteiger partial charge in [0.25, 0.3) is 0 Å². The van der Waals surface area contributed by atoms with E-state index < -0.39 is 24.5 Å². The minimum atomic E-state index is -1.13. The molecule has 0 atom stereocenters. The zero-order chi connectivity index (χ0) is 15.2. The number of carboxylic acids is 1. The number of hydrogen-bond acceptors (Lipinski definition) is 3. The topological polar surface area (TPSA) is 108 Å². The van der Waals surface area contributed by atoms with Crippen LogP contribution in [0.15, 0.2) is 18.2 Å². The Bertz CT molecular complexity index is 571. The number of urea groups is 1. The van der Waals surface area contributed by atoms with Crippen LogP contribution in [0.25, 0.3) is 0 Å². The van der Waals surface area contributed by atoms with E-state index in [9.17, 15) is 14.4 Å². The molecular formula is C14H17N3O4. The van der Waals surface area contributed by atoms with Crippen molar-refractivity contribution in [2.75, 3.05) is 18.4 Å². The third kappa shape index (κ3) is 4.48. The van der Waals surface area contributed by atoms with Crippen LogP contribution >= 0.6 is 0 Å². The molecule has 7 nitrogen and oxygen atoms in total. The molecule has 2 rings (SSSR count). The van der Waals surface area contributed by atoms with E-state index >= 15 is 0 Å². The van der Waals surface area contributed by atoms with Gasteiger partial charge >= 0.3 is 12.0 Å². The number of carbonyl (C=O) groups excluding carboxylic acids is 2. The number of anilines is 1. The average molecular weight is 291 g/mol. The lowest BCUT2D eigenvalue weighted by atomic mass is 10.1. The second kappa shape index (κ2) is 6.74. The second-order valence-corrected chi connectivity index (χ2v) is 4.82. The molecule has 4 N–H and O–H groups in total. The lowest BCUT2D eigenvalue weighted by molar-refractivity contribution is -0.137. The van der Waals surface area contributed by atoms with Crippen LogP contribution in [0.4, 0.5) is 10.5 Å². The maximum absolute atomic E-state index is 11.6. The van der Waals surface area contributed by atoms with E-state index in [0.29, 0.717) is 5.69 Å². The predicted octanol–water partition coefficient (Wildman–Crippen LogP) is 0.498. The van der Waals surface area contributed by atoms with Crippen molar-refractivity contribution in [3.05, 3.63) is 29.3 Å². The number of nitrogens with one attached hydrogen (secondary N) is 3. The molecule has 112 valence electrons. The molecule has 1 aromatic carbocycles. The van der Waals surface area contributed by atoms with E-state index in [1.54, 1.807) is 0 Å². The molecular weight excluding hydrogens is 274 g/mol. The number of rotatable bonds is 5. The Kier molecular flexibility index (Phi) is 4.76. The Labute approximate surface area is 121 Å². The van der Waals surface area contributed by atoms with Crippen LogP contribution in [-0.2, 0) is 22.4 Å². The van der Waals surface area contributed by atoms with Crippen LogP contribution in [0, 0.1) is 0 Å². The van der Waals surface area contributed by atoms with Gasteiger partial charge in [-0.15, -0.1) is 0 Å². The van der Waals surface area contributed by atoms with Crippen LogP contribution in [0.2, 0.25) is 0 Å². The quantitative estimate of drug-likeness (QED) is 0.633. The normalized spacial score (nSPS) is 12.4. The summed E-state index contributed by atoms with van der Waals surface area (Å²) < 4.78 is 0. The van der Waals surface area contributed by atoms with Crippen molar-refractivity contribution < 1.29 is 19.5 Å². The van der Waals surface area contributed by atoms with Crippen LogP contribution in [0.1, 0.15) is 17.5 Å². The fourth-order valence-electron chi connectivity index (χ4n) is 2.22. The number of carbonyl (C=O) groups is 3. The summed E-state index contributed by atoms with van der Waals surface area (Å²) in [5.74, 6) is -1.69. The van der Waals surface area contributed by atoms with Gasteiger partial charge in [0.05, 0.1) is 6.54 Å². The van der Waals surface area contributed by atoms with Crippen molar-refractivity contribution >= 4 is 23.6 Å². The number of hydrogen-bond donors (Lipinski definition) is 4. The highest BCUT2D eigenvalue weighted by Gasteiger charge is 2.12. The van der Waals surface area contributed by atoms with Crippen molar-refractivity contribution in [3.8, 4) is 0 Å². The van der Waals surface area contributed by atoms with Gasteiger partial charge in [0.2, 0.25) is 5.91 Å². The summed E-state index contributed by atoms with van der Waals surface area (Å²) >= 11 is 0. The van der Waals surface area contributed by atoms with Crippen LogP contribution < -0.4 is 16.0 Å². The van der Waals surface area contributed by atoms with E-state index in [2.05, 4.69) is 16.0 Å². The SMILES string of the molecule is O=C(O)CNC(=O)CNC(=O)Nc1ccc2c(c1)CCC2. The fraction of sp³-hybridized carbons (Fsp3) is 0.357. The fourth-order valence-corrected chi connectivity index (χ4v) is 2.22. The highest BCUT2D eigenvalue weighted by atomic mass is 16.4. The van der Waals surface area contributed by atoms with Crippen molar-refractivity contribution in [1.29, 1.82) is 0 Å². The minimum Gasteiger partial charge on any atom is -0.480 e. The average Bonchev–Trinajstić information content (AvgIpc) is 2.90. The van der Waals surface area contributed by atoms with Crippen LogP contribution in [-0.4, -0.2) is 36.1 Å². The number of carboxylic acid groups (broad SMARTS) is 1. The first kappa shape index (κ1) is 14.8. The van der Waals surface area contributed by atoms with Gasteiger partial charge in [-0.2, -0.15) is 0 Å². The summed E-state index contributed by atoms with van der Waals surface area (Å²) in [6.45, 7) is -0.739. The molecule has 0 heterocycles. The molecule has 1 aliphatic rings. The summed E-state index contributed by atoms with van der Waals surface area (Å²) in [7, 11) is 0. The van der Waals surface area contributed by atoms with Gasteiger partial charge in [-0.05, 0) is 42.5 Å². The molecule has 21 heavy (non-hydrogen) atoms. The Balaban J connectivity index is 1.77. The lowest BCUT2D eigenvalue weighted by Gasteiger charge is -2.09. The van der Waals surface area contributed by atoms with Crippen molar-refractivity contribution in [3.63, 3.8) is 0 Å². The Morgan fingerprint density at radius 3 is 2.57 bits per heavy atom. The second-order valence-electron chi connectivity index (χ2n) is 4.82. The smallest absolute Gasteiger partial charge is 0.322 e. The molecule has 0 aliphatic heterocycles. The first-order chi connectivity index (χ1) is 10.0. The summed E-state index contributed by atoms with van der Waals surface area (Å²) in [6, 6.07) is 5.26. The number of amides is 3. The van der Waals surface area contributed by atoms with Gasteiger partial charge in [0.1, 0.15) is 6.54 Å². The molecule has 0 radical (unpaired) electrons. The van der Waals surface area contributed by atoms with Crippen LogP contribution in [0.5, 0.6) is 0 Å². The van der Waals surface area contributed by atoms with Gasteiger partial charge in [-0.1, -0.05) is 6.07 Å². The highest BCUT2D eigenvalue weighted by Crippen LogP contribution is 2.24. The summed E-state index contributed by atoms with van der Waals surface area (Å²) in [6.07, 6.45) is 3.23. The van der Waals surface area contributed by atoms with E-state index in [1.165, 1.54) is 11.1 Å². The summed E-state index contributed by atoms with van der Waals surface area (Å²) in [5, 5.41) is 15.6. The van der Waals surface area contributed by atoms with Crippen molar-refractivity contribution in [1.82, 2.24) is 10.6 Å². The molecule has 0 unspecified atom stereocenters. The van der Waals surface area contributed by atoms with Gasteiger partial charge in [0.15, 0.2) is 0 Å². The first-order valence-corrected chi connectivity index (χ1v) is 6.70. The molecule has 0 saturated carbocycles. The minimum absolute atomic E-state index is 0.274. The number of aliphatic carboxylic acids is 1. The molecule has 0 fully saturated rings. The maximum Gasteiger partial charge on any atom is 0.322 e. The molecule has 0 aromatic heterocycles. The monoisotopic (exact) mass is 291 g/mol. The molecule has 1 aromatic rings. The first-order valence-electron chi connectivity index (χ1n) is 6.70.